The predicted octanol–water partition coefficient (Wildman–Crippen LogP) is 5.49. The van der Waals surface area contributed by atoms with E-state index in [-0.39, 0.29) is 27.8 Å². The van der Waals surface area contributed by atoms with Crippen LogP contribution in [0.1, 0.15) is 25.0 Å². The summed E-state index contributed by atoms with van der Waals surface area (Å²) in [6.45, 7) is 4.28. The number of hydrogen-bond acceptors (Lipinski definition) is 3. The number of rotatable bonds is 7. The summed E-state index contributed by atoms with van der Waals surface area (Å²) in [5.74, 6) is 0.148. The second-order valence-corrected chi connectivity index (χ2v) is 10.0. The molecule has 1 N–H and O–H groups in total. The average molecular weight is 501 g/mol. The Morgan fingerprint density at radius 1 is 1.21 bits per heavy atom. The Hall–Kier alpha value is -1.90. The van der Waals surface area contributed by atoms with Gasteiger partial charge in [0.2, 0.25) is 0 Å². The molecule has 2 aromatic carbocycles. The molecule has 0 aliphatic carbocycles. The van der Waals surface area contributed by atoms with Gasteiger partial charge in [-0.2, -0.15) is 5.10 Å². The van der Waals surface area contributed by atoms with Crippen molar-refractivity contribution in [2.24, 2.45) is 5.92 Å². The third kappa shape index (κ3) is 5.38. The van der Waals surface area contributed by atoms with Crippen molar-refractivity contribution in [3.05, 3.63) is 75.1 Å². The Morgan fingerprint density at radius 3 is 2.52 bits per heavy atom. The summed E-state index contributed by atoms with van der Waals surface area (Å²) >= 11 is 9.35. The van der Waals surface area contributed by atoms with Crippen LogP contribution in [0.25, 0.3) is 0 Å². The molecular formula is C20H20BrClFN3O2S. The highest BCUT2D eigenvalue weighted by molar-refractivity contribution is 9.10. The predicted molar refractivity (Wildman–Crippen MR) is 116 cm³/mol. The molecule has 0 bridgehead atoms. The number of halogens is 3. The fourth-order valence-electron chi connectivity index (χ4n) is 2.85. The Morgan fingerprint density at radius 2 is 1.90 bits per heavy atom. The van der Waals surface area contributed by atoms with Crippen molar-refractivity contribution >= 4 is 43.4 Å². The van der Waals surface area contributed by atoms with E-state index in [9.17, 15) is 12.8 Å². The zero-order chi connectivity index (χ0) is 21.2. The highest BCUT2D eigenvalue weighted by atomic mass is 79.9. The SMILES string of the molecule is CC(C)Cc1ccc(S(=O)(=O)Nc2nn(Cc3c(F)cccc3Cl)cc2Br)cc1. The molecule has 29 heavy (non-hydrogen) atoms. The van der Waals surface area contributed by atoms with E-state index in [1.807, 2.05) is 12.1 Å². The molecule has 0 saturated carbocycles. The van der Waals surface area contributed by atoms with E-state index in [0.717, 1.165) is 12.0 Å². The Bertz CT molecular complexity index is 1100. The van der Waals surface area contributed by atoms with Gasteiger partial charge in [-0.25, -0.2) is 12.8 Å². The minimum Gasteiger partial charge on any atom is -0.265 e. The summed E-state index contributed by atoms with van der Waals surface area (Å²) in [6, 6.07) is 11.2. The summed E-state index contributed by atoms with van der Waals surface area (Å²) in [4.78, 5) is 0.142. The van der Waals surface area contributed by atoms with Crippen LogP contribution in [0.2, 0.25) is 5.02 Å². The molecule has 3 aromatic rings. The fourth-order valence-corrected chi connectivity index (χ4v) is 4.64. The highest BCUT2D eigenvalue weighted by Gasteiger charge is 2.19. The molecule has 0 saturated heterocycles. The number of anilines is 1. The number of hydrogen-bond donors (Lipinski definition) is 1. The molecule has 0 aliphatic rings. The first-order valence-electron chi connectivity index (χ1n) is 8.93. The highest BCUT2D eigenvalue weighted by Crippen LogP contribution is 2.26. The van der Waals surface area contributed by atoms with Crippen molar-refractivity contribution < 1.29 is 12.8 Å². The van der Waals surface area contributed by atoms with Crippen LogP contribution < -0.4 is 4.72 Å². The standard InChI is InChI=1S/C20H20BrClFN3O2S/c1-13(2)10-14-6-8-15(9-7-14)29(27,28)25-20-17(21)12-26(24-20)11-16-18(22)4-3-5-19(16)23/h3-9,12-13H,10-11H2,1-2H3,(H,24,25). The van der Waals surface area contributed by atoms with Gasteiger partial charge in [0.15, 0.2) is 5.82 Å². The van der Waals surface area contributed by atoms with Gasteiger partial charge in [0.25, 0.3) is 10.0 Å². The summed E-state index contributed by atoms with van der Waals surface area (Å²) in [5.41, 5.74) is 1.35. The first-order valence-corrected chi connectivity index (χ1v) is 11.6. The fraction of sp³-hybridized carbons (Fsp3) is 0.250. The maximum Gasteiger partial charge on any atom is 0.263 e. The van der Waals surface area contributed by atoms with Gasteiger partial charge in [-0.1, -0.05) is 43.6 Å². The van der Waals surface area contributed by atoms with Crippen LogP contribution in [0.15, 0.2) is 58.0 Å². The van der Waals surface area contributed by atoms with E-state index in [1.165, 1.54) is 16.8 Å². The van der Waals surface area contributed by atoms with Gasteiger partial charge < -0.3 is 0 Å². The van der Waals surface area contributed by atoms with Gasteiger partial charge in [0, 0.05) is 16.8 Å². The van der Waals surface area contributed by atoms with Crippen LogP contribution in [0.3, 0.4) is 0 Å². The van der Waals surface area contributed by atoms with Crippen molar-refractivity contribution in [1.82, 2.24) is 9.78 Å². The lowest BCUT2D eigenvalue weighted by Gasteiger charge is -2.09. The van der Waals surface area contributed by atoms with Crippen LogP contribution in [-0.2, 0) is 23.0 Å². The molecule has 0 aliphatic heterocycles. The van der Waals surface area contributed by atoms with Gasteiger partial charge in [0.05, 0.1) is 15.9 Å². The summed E-state index contributed by atoms with van der Waals surface area (Å²) < 4.78 is 43.7. The van der Waals surface area contributed by atoms with Crippen molar-refractivity contribution in [2.45, 2.75) is 31.7 Å². The van der Waals surface area contributed by atoms with Crippen molar-refractivity contribution in [3.8, 4) is 0 Å². The van der Waals surface area contributed by atoms with E-state index in [0.29, 0.717) is 10.4 Å². The smallest absolute Gasteiger partial charge is 0.263 e. The molecule has 1 aromatic heterocycles. The summed E-state index contributed by atoms with van der Waals surface area (Å²) in [6.07, 6.45) is 2.44. The molecule has 0 amide bonds. The van der Waals surface area contributed by atoms with Crippen molar-refractivity contribution in [3.63, 3.8) is 0 Å². The van der Waals surface area contributed by atoms with Crippen molar-refractivity contribution in [1.29, 1.82) is 0 Å². The normalized spacial score (nSPS) is 11.8. The lowest BCUT2D eigenvalue weighted by Crippen LogP contribution is -2.14. The Labute approximate surface area is 183 Å². The van der Waals surface area contributed by atoms with E-state index in [1.54, 1.807) is 24.4 Å². The van der Waals surface area contributed by atoms with Gasteiger partial charge >= 0.3 is 0 Å². The quantitative estimate of drug-likeness (QED) is 0.467. The largest absolute Gasteiger partial charge is 0.265 e. The third-order valence-electron chi connectivity index (χ3n) is 4.21. The summed E-state index contributed by atoms with van der Waals surface area (Å²) in [7, 11) is -3.81. The molecule has 0 atom stereocenters. The molecule has 3 rings (SSSR count). The second-order valence-electron chi connectivity index (χ2n) is 7.07. The van der Waals surface area contributed by atoms with Crippen LogP contribution >= 0.6 is 27.5 Å². The second kappa shape index (κ2) is 8.85. The maximum atomic E-state index is 14.0. The van der Waals surface area contributed by atoms with Crippen LogP contribution in [0, 0.1) is 11.7 Å². The first kappa shape index (κ1) is 21.8. The molecule has 154 valence electrons. The average Bonchev–Trinajstić information content (AvgIpc) is 2.97. The topological polar surface area (TPSA) is 64.0 Å². The lowest BCUT2D eigenvalue weighted by molar-refractivity contribution is 0.585. The number of nitrogens with zero attached hydrogens (tertiary/aromatic N) is 2. The third-order valence-corrected chi connectivity index (χ3v) is 6.50. The molecule has 5 nitrogen and oxygen atoms in total. The summed E-state index contributed by atoms with van der Waals surface area (Å²) in [5, 5.41) is 4.49. The molecular weight excluding hydrogens is 481 g/mol. The molecule has 0 fully saturated rings. The van der Waals surface area contributed by atoms with Gasteiger partial charge in [-0.3, -0.25) is 9.40 Å². The van der Waals surface area contributed by atoms with Crippen LogP contribution in [0.4, 0.5) is 10.2 Å². The molecule has 0 spiro atoms. The monoisotopic (exact) mass is 499 g/mol. The zero-order valence-corrected chi connectivity index (χ0v) is 19.0. The number of benzene rings is 2. The van der Waals surface area contributed by atoms with Gasteiger partial charge in [-0.05, 0) is 58.1 Å². The minimum atomic E-state index is -3.81. The first-order chi connectivity index (χ1) is 13.7. The molecule has 0 radical (unpaired) electrons. The van der Waals surface area contributed by atoms with Gasteiger partial charge in [-0.15, -0.1) is 0 Å². The van der Waals surface area contributed by atoms with Crippen LogP contribution in [-0.4, -0.2) is 18.2 Å². The number of nitrogens with one attached hydrogen (secondary N) is 1. The minimum absolute atomic E-state index is 0.0652. The van der Waals surface area contributed by atoms with E-state index >= 15 is 0 Å². The Kier molecular flexibility index (Phi) is 6.65. The van der Waals surface area contributed by atoms with Crippen LogP contribution in [0.5, 0.6) is 0 Å². The van der Waals surface area contributed by atoms with E-state index in [2.05, 4.69) is 39.6 Å². The Balaban J connectivity index is 1.79. The number of aromatic nitrogens is 2. The van der Waals surface area contributed by atoms with E-state index < -0.39 is 15.8 Å². The van der Waals surface area contributed by atoms with E-state index in [4.69, 9.17) is 11.6 Å². The molecule has 9 heteroatoms. The molecule has 1 heterocycles. The lowest BCUT2D eigenvalue weighted by atomic mass is 10.0. The number of sulfonamides is 1. The zero-order valence-electron chi connectivity index (χ0n) is 15.9. The maximum absolute atomic E-state index is 14.0. The molecule has 0 unspecified atom stereocenters. The van der Waals surface area contributed by atoms with Gasteiger partial charge in [0.1, 0.15) is 5.82 Å². The van der Waals surface area contributed by atoms with Crippen molar-refractivity contribution in [2.75, 3.05) is 4.72 Å².